The van der Waals surface area contributed by atoms with Gasteiger partial charge in [-0.1, -0.05) is 39.3 Å². The van der Waals surface area contributed by atoms with Crippen LogP contribution in [-0.2, 0) is 13.0 Å². The van der Waals surface area contributed by atoms with Crippen LogP contribution in [0.3, 0.4) is 0 Å². The molecule has 2 rings (SSSR count). The summed E-state index contributed by atoms with van der Waals surface area (Å²) >= 11 is 0. The number of benzene rings is 1. The molecule has 1 heterocycles. The number of aryl methyl sites for hydroxylation is 2. The predicted molar refractivity (Wildman–Crippen MR) is 76.9 cm³/mol. The van der Waals surface area contributed by atoms with Crippen molar-refractivity contribution in [2.75, 3.05) is 0 Å². The maximum atomic E-state index is 14.1. The molecule has 0 bridgehead atoms. The molecule has 0 aliphatic heterocycles. The molecular formula is C16H22FNO. The van der Waals surface area contributed by atoms with Crippen molar-refractivity contribution in [3.8, 4) is 0 Å². The Hall–Kier alpha value is -1.35. The first-order chi connectivity index (χ1) is 9.04. The van der Waals surface area contributed by atoms with Crippen molar-refractivity contribution < 1.29 is 8.81 Å². The zero-order chi connectivity index (χ0) is 14.0. The lowest BCUT2D eigenvalue weighted by atomic mass is 10.0. The molecule has 1 aromatic heterocycles. The minimum absolute atomic E-state index is 0.231. The Bertz CT molecular complexity index is 572. The molecule has 2 aromatic rings. The van der Waals surface area contributed by atoms with E-state index in [-0.39, 0.29) is 5.82 Å². The average molecular weight is 263 g/mol. The summed E-state index contributed by atoms with van der Waals surface area (Å²) in [6.07, 6.45) is 1.95. The zero-order valence-electron chi connectivity index (χ0n) is 12.1. The Morgan fingerprint density at radius 1 is 1.32 bits per heavy atom. The predicted octanol–water partition coefficient (Wildman–Crippen LogP) is 4.33. The SMILES string of the molecule is CCCc1c(CNC(C)C)oc2c(F)c(C)ccc12. The number of fused-ring (bicyclic) bond motifs is 1. The second kappa shape index (κ2) is 5.74. The highest BCUT2D eigenvalue weighted by Crippen LogP contribution is 2.30. The van der Waals surface area contributed by atoms with Crippen LogP contribution in [0.5, 0.6) is 0 Å². The van der Waals surface area contributed by atoms with Crippen molar-refractivity contribution in [3.63, 3.8) is 0 Å². The maximum Gasteiger partial charge on any atom is 0.170 e. The Morgan fingerprint density at radius 2 is 2.05 bits per heavy atom. The van der Waals surface area contributed by atoms with E-state index in [0.717, 1.165) is 29.6 Å². The van der Waals surface area contributed by atoms with Gasteiger partial charge in [-0.05, 0) is 18.9 Å². The molecular weight excluding hydrogens is 241 g/mol. The summed E-state index contributed by atoms with van der Waals surface area (Å²) in [5.41, 5.74) is 2.18. The van der Waals surface area contributed by atoms with E-state index < -0.39 is 0 Å². The molecule has 0 atom stereocenters. The number of furan rings is 1. The highest BCUT2D eigenvalue weighted by Gasteiger charge is 2.17. The molecule has 0 aliphatic rings. The lowest BCUT2D eigenvalue weighted by Gasteiger charge is -2.07. The van der Waals surface area contributed by atoms with Gasteiger partial charge in [-0.25, -0.2) is 4.39 Å². The van der Waals surface area contributed by atoms with E-state index in [1.54, 1.807) is 6.92 Å². The van der Waals surface area contributed by atoms with Crippen LogP contribution < -0.4 is 5.32 Å². The first-order valence-electron chi connectivity index (χ1n) is 6.97. The van der Waals surface area contributed by atoms with Gasteiger partial charge in [0.25, 0.3) is 0 Å². The van der Waals surface area contributed by atoms with Crippen molar-refractivity contribution in [1.29, 1.82) is 0 Å². The topological polar surface area (TPSA) is 25.2 Å². The smallest absolute Gasteiger partial charge is 0.170 e. The van der Waals surface area contributed by atoms with Crippen molar-refractivity contribution >= 4 is 11.0 Å². The first kappa shape index (κ1) is 14.1. The van der Waals surface area contributed by atoms with Crippen LogP contribution in [0.15, 0.2) is 16.5 Å². The van der Waals surface area contributed by atoms with Crippen molar-refractivity contribution in [3.05, 3.63) is 34.8 Å². The van der Waals surface area contributed by atoms with Gasteiger partial charge in [-0.3, -0.25) is 0 Å². The van der Waals surface area contributed by atoms with Gasteiger partial charge in [0.05, 0.1) is 6.54 Å². The van der Waals surface area contributed by atoms with E-state index >= 15 is 0 Å². The van der Waals surface area contributed by atoms with Gasteiger partial charge in [0.2, 0.25) is 0 Å². The number of nitrogens with one attached hydrogen (secondary N) is 1. The minimum atomic E-state index is -0.231. The number of hydrogen-bond donors (Lipinski definition) is 1. The molecule has 0 saturated heterocycles. The number of halogens is 1. The molecule has 2 nitrogen and oxygen atoms in total. The Balaban J connectivity index is 2.49. The Morgan fingerprint density at radius 3 is 2.68 bits per heavy atom. The van der Waals surface area contributed by atoms with Gasteiger partial charge in [-0.15, -0.1) is 0 Å². The highest BCUT2D eigenvalue weighted by atomic mass is 19.1. The molecule has 1 N–H and O–H groups in total. The maximum absolute atomic E-state index is 14.1. The Labute approximate surface area is 114 Å². The van der Waals surface area contributed by atoms with E-state index in [4.69, 9.17) is 4.42 Å². The van der Waals surface area contributed by atoms with Crippen LogP contribution in [0.1, 0.15) is 44.1 Å². The van der Waals surface area contributed by atoms with E-state index in [1.165, 1.54) is 0 Å². The third-order valence-corrected chi connectivity index (χ3v) is 3.35. The highest BCUT2D eigenvalue weighted by molar-refractivity contribution is 5.83. The molecule has 0 aliphatic carbocycles. The molecule has 0 radical (unpaired) electrons. The molecule has 0 spiro atoms. The summed E-state index contributed by atoms with van der Waals surface area (Å²) in [6.45, 7) is 8.73. The van der Waals surface area contributed by atoms with Gasteiger partial charge >= 0.3 is 0 Å². The van der Waals surface area contributed by atoms with Gasteiger partial charge in [0, 0.05) is 17.0 Å². The summed E-state index contributed by atoms with van der Waals surface area (Å²) in [7, 11) is 0. The molecule has 1 aromatic carbocycles. The Kier molecular flexibility index (Phi) is 4.25. The third kappa shape index (κ3) is 2.81. The summed E-state index contributed by atoms with van der Waals surface area (Å²) in [4.78, 5) is 0. The van der Waals surface area contributed by atoms with Gasteiger partial charge in [0.1, 0.15) is 5.76 Å². The van der Waals surface area contributed by atoms with Crippen molar-refractivity contribution in [2.45, 2.75) is 53.1 Å². The van der Waals surface area contributed by atoms with Crippen LogP contribution in [0.2, 0.25) is 0 Å². The van der Waals surface area contributed by atoms with Crippen LogP contribution in [0.4, 0.5) is 4.39 Å². The molecule has 104 valence electrons. The lowest BCUT2D eigenvalue weighted by molar-refractivity contribution is 0.470. The normalized spacial score (nSPS) is 11.7. The van der Waals surface area contributed by atoms with E-state index in [0.29, 0.717) is 23.7 Å². The number of hydrogen-bond acceptors (Lipinski definition) is 2. The third-order valence-electron chi connectivity index (χ3n) is 3.35. The summed E-state index contributed by atoms with van der Waals surface area (Å²) in [6, 6.07) is 4.18. The summed E-state index contributed by atoms with van der Waals surface area (Å²) in [5, 5.41) is 4.26. The van der Waals surface area contributed by atoms with Crippen LogP contribution >= 0.6 is 0 Å². The van der Waals surface area contributed by atoms with Crippen molar-refractivity contribution in [2.24, 2.45) is 0 Å². The fourth-order valence-electron chi connectivity index (χ4n) is 2.29. The summed E-state index contributed by atoms with van der Waals surface area (Å²) in [5.74, 6) is 0.640. The lowest BCUT2D eigenvalue weighted by Crippen LogP contribution is -2.22. The number of rotatable bonds is 5. The van der Waals surface area contributed by atoms with E-state index in [1.807, 2.05) is 12.1 Å². The zero-order valence-corrected chi connectivity index (χ0v) is 12.1. The van der Waals surface area contributed by atoms with Gasteiger partial charge in [-0.2, -0.15) is 0 Å². The average Bonchev–Trinajstić information content (AvgIpc) is 2.71. The summed E-state index contributed by atoms with van der Waals surface area (Å²) < 4.78 is 19.9. The second-order valence-corrected chi connectivity index (χ2v) is 5.36. The minimum Gasteiger partial charge on any atom is -0.456 e. The monoisotopic (exact) mass is 263 g/mol. The van der Waals surface area contributed by atoms with Crippen LogP contribution in [0, 0.1) is 12.7 Å². The van der Waals surface area contributed by atoms with Crippen molar-refractivity contribution in [1.82, 2.24) is 5.32 Å². The first-order valence-corrected chi connectivity index (χ1v) is 6.97. The van der Waals surface area contributed by atoms with Gasteiger partial charge < -0.3 is 9.73 Å². The van der Waals surface area contributed by atoms with E-state index in [9.17, 15) is 4.39 Å². The molecule has 3 heteroatoms. The fraction of sp³-hybridized carbons (Fsp3) is 0.500. The quantitative estimate of drug-likeness (QED) is 0.868. The van der Waals surface area contributed by atoms with Gasteiger partial charge in [0.15, 0.2) is 11.4 Å². The molecule has 0 saturated carbocycles. The molecule has 19 heavy (non-hydrogen) atoms. The van der Waals surface area contributed by atoms with Crippen LogP contribution in [0.25, 0.3) is 11.0 Å². The fourth-order valence-corrected chi connectivity index (χ4v) is 2.29. The largest absolute Gasteiger partial charge is 0.456 e. The second-order valence-electron chi connectivity index (χ2n) is 5.36. The molecule has 0 fully saturated rings. The van der Waals surface area contributed by atoms with E-state index in [2.05, 4.69) is 26.1 Å². The molecule has 0 amide bonds. The molecule has 0 unspecified atom stereocenters. The van der Waals surface area contributed by atoms with Crippen LogP contribution in [-0.4, -0.2) is 6.04 Å². The standard InChI is InChI=1S/C16H22FNO/c1-5-6-12-13-8-7-11(4)15(17)16(13)19-14(12)9-18-10(2)3/h7-8,10,18H,5-6,9H2,1-4H3.